The maximum Gasteiger partial charge on any atom is 0.123 e. The summed E-state index contributed by atoms with van der Waals surface area (Å²) in [5.74, 6) is 0.250. The molecule has 194 valence electrons. The van der Waals surface area contributed by atoms with Crippen LogP contribution in [0, 0.1) is 0 Å². The van der Waals surface area contributed by atoms with E-state index in [4.69, 9.17) is 0 Å². The first-order valence-corrected chi connectivity index (χ1v) is 12.5. The van der Waals surface area contributed by atoms with E-state index in [-0.39, 0.29) is 33.8 Å². The Morgan fingerprint density at radius 3 is 1.14 bits per heavy atom. The Balaban J connectivity index is 2.34. The summed E-state index contributed by atoms with van der Waals surface area (Å²) in [6.07, 6.45) is 1.66. The minimum Gasteiger partial charge on any atom is -0.508 e. The van der Waals surface area contributed by atoms with Crippen molar-refractivity contribution < 1.29 is 25.5 Å². The van der Waals surface area contributed by atoms with Crippen molar-refractivity contribution in [3.63, 3.8) is 0 Å². The van der Waals surface area contributed by atoms with Gasteiger partial charge in [-0.3, -0.25) is 0 Å². The molecule has 0 aromatic heterocycles. The average molecular weight is 493 g/mol. The molecule has 0 bridgehead atoms. The van der Waals surface area contributed by atoms with Crippen LogP contribution < -0.4 is 0 Å². The Morgan fingerprint density at radius 1 is 0.528 bits per heavy atom. The molecule has 5 heteroatoms. The Bertz CT molecular complexity index is 1120. The number of aromatic hydroxyl groups is 5. The summed E-state index contributed by atoms with van der Waals surface area (Å²) in [4.78, 5) is 0. The first-order valence-electron chi connectivity index (χ1n) is 12.5. The molecule has 5 N–H and O–H groups in total. The summed E-state index contributed by atoms with van der Waals surface area (Å²) >= 11 is 0. The monoisotopic (exact) mass is 492 g/mol. The molecule has 0 fully saturated rings. The maximum absolute atomic E-state index is 11.3. The number of phenols is 5. The molecule has 0 atom stereocenters. The number of phenolic OH excluding ortho intramolecular Hbond substituents is 5. The van der Waals surface area contributed by atoms with E-state index in [2.05, 4.69) is 60.6 Å². The molecule has 5 nitrogen and oxygen atoms in total. The van der Waals surface area contributed by atoms with Gasteiger partial charge in [0.25, 0.3) is 0 Å². The molecule has 0 unspecified atom stereocenters. The van der Waals surface area contributed by atoms with E-state index >= 15 is 0 Å². The minimum atomic E-state index is -0.534. The molecule has 3 aromatic rings. The summed E-state index contributed by atoms with van der Waals surface area (Å²) in [6, 6.07) is 13.4. The van der Waals surface area contributed by atoms with Crippen molar-refractivity contribution in [2.24, 2.45) is 0 Å². The van der Waals surface area contributed by atoms with Gasteiger partial charge in [0.2, 0.25) is 0 Å². The fourth-order valence-corrected chi connectivity index (χ4v) is 5.10. The van der Waals surface area contributed by atoms with Gasteiger partial charge < -0.3 is 25.5 Å². The van der Waals surface area contributed by atoms with Gasteiger partial charge >= 0.3 is 0 Å². The topological polar surface area (TPSA) is 101 Å². The van der Waals surface area contributed by atoms with Gasteiger partial charge in [-0.1, -0.05) is 60.6 Å². The third-order valence-electron chi connectivity index (χ3n) is 7.02. The van der Waals surface area contributed by atoms with Gasteiger partial charge in [-0.25, -0.2) is 0 Å². The van der Waals surface area contributed by atoms with Crippen LogP contribution in [0.3, 0.4) is 0 Å². The predicted molar refractivity (Wildman–Crippen MR) is 144 cm³/mol. The first-order chi connectivity index (χ1) is 16.5. The van der Waals surface area contributed by atoms with Crippen molar-refractivity contribution in [3.05, 3.63) is 76.3 Å². The zero-order chi connectivity index (χ0) is 27.1. The van der Waals surface area contributed by atoms with Gasteiger partial charge in [-0.05, 0) is 82.2 Å². The van der Waals surface area contributed by atoms with Crippen LogP contribution in [0.2, 0.25) is 0 Å². The lowest BCUT2D eigenvalue weighted by molar-refractivity contribution is 0.388. The molecule has 0 amide bonds. The number of hydrogen-bond donors (Lipinski definition) is 5. The maximum atomic E-state index is 11.3. The fourth-order valence-electron chi connectivity index (χ4n) is 5.10. The summed E-state index contributed by atoms with van der Waals surface area (Å²) in [5.41, 5.74) is 3.08. The van der Waals surface area contributed by atoms with Crippen LogP contribution in [0.25, 0.3) is 0 Å². The van der Waals surface area contributed by atoms with Crippen LogP contribution in [0.4, 0.5) is 0 Å². The molecular formula is C31H40O5. The fraction of sp³-hybridized carbons (Fsp3) is 0.419. The lowest BCUT2D eigenvalue weighted by Gasteiger charge is -2.37. The Morgan fingerprint density at radius 2 is 0.861 bits per heavy atom. The van der Waals surface area contributed by atoms with Crippen molar-refractivity contribution in [2.45, 2.75) is 84.0 Å². The molecule has 0 radical (unpaired) electrons. The molecule has 0 heterocycles. The highest BCUT2D eigenvalue weighted by Gasteiger charge is 2.36. The van der Waals surface area contributed by atoms with Crippen LogP contribution in [-0.2, 0) is 29.1 Å². The molecule has 36 heavy (non-hydrogen) atoms. The van der Waals surface area contributed by atoms with Crippen molar-refractivity contribution in [1.82, 2.24) is 0 Å². The molecule has 0 saturated heterocycles. The number of benzene rings is 3. The Kier molecular flexibility index (Phi) is 7.27. The molecule has 0 saturated carbocycles. The van der Waals surface area contributed by atoms with Gasteiger partial charge in [0.15, 0.2) is 0 Å². The number of rotatable bonds is 6. The lowest BCUT2D eigenvalue weighted by atomic mass is 9.67. The minimum absolute atomic E-state index is 0.0125. The molecule has 0 spiro atoms. The third-order valence-corrected chi connectivity index (χ3v) is 7.02. The van der Waals surface area contributed by atoms with Gasteiger partial charge in [-0.2, -0.15) is 0 Å². The zero-order valence-corrected chi connectivity index (χ0v) is 22.5. The SMILES string of the molecule is CCC(Cc1cc(O)cc(O)c1)(Cc1cc(O)cc(O)c1)c1cc(C(C)(C)C)c(O)c(C(C)(C)C)c1. The van der Waals surface area contributed by atoms with E-state index in [0.717, 1.165) is 27.8 Å². The van der Waals surface area contributed by atoms with Crippen LogP contribution in [0.5, 0.6) is 28.7 Å². The molecule has 0 aliphatic rings. The summed E-state index contributed by atoms with van der Waals surface area (Å²) in [5, 5.41) is 52.0. The summed E-state index contributed by atoms with van der Waals surface area (Å²) < 4.78 is 0. The smallest absolute Gasteiger partial charge is 0.123 e. The normalized spacial score (nSPS) is 12.6. The van der Waals surface area contributed by atoms with E-state index in [1.54, 1.807) is 24.3 Å². The van der Waals surface area contributed by atoms with Crippen molar-refractivity contribution >= 4 is 0 Å². The van der Waals surface area contributed by atoms with E-state index in [9.17, 15) is 25.5 Å². The second kappa shape index (κ2) is 9.61. The highest BCUT2D eigenvalue weighted by Crippen LogP contribution is 2.45. The predicted octanol–water partition coefficient (Wildman–Crippen LogP) is 6.94. The van der Waals surface area contributed by atoms with Gasteiger partial charge in [0, 0.05) is 17.5 Å². The Labute approximate surface area is 214 Å². The van der Waals surface area contributed by atoms with Crippen LogP contribution in [0.15, 0.2) is 48.5 Å². The van der Waals surface area contributed by atoms with E-state index < -0.39 is 5.41 Å². The van der Waals surface area contributed by atoms with E-state index in [0.29, 0.717) is 25.0 Å². The highest BCUT2D eigenvalue weighted by molar-refractivity contribution is 5.53. The average Bonchev–Trinajstić information content (AvgIpc) is 2.70. The quantitative estimate of drug-likeness (QED) is 0.256. The van der Waals surface area contributed by atoms with Crippen LogP contribution in [-0.4, -0.2) is 25.5 Å². The molecule has 3 aromatic carbocycles. The second-order valence-corrected chi connectivity index (χ2v) is 12.1. The summed E-state index contributed by atoms with van der Waals surface area (Å²) in [7, 11) is 0. The second-order valence-electron chi connectivity index (χ2n) is 12.1. The highest BCUT2D eigenvalue weighted by atomic mass is 16.3. The van der Waals surface area contributed by atoms with Gasteiger partial charge in [-0.15, -0.1) is 0 Å². The largest absolute Gasteiger partial charge is 0.508 e. The van der Waals surface area contributed by atoms with Gasteiger partial charge in [0.05, 0.1) is 0 Å². The van der Waals surface area contributed by atoms with Gasteiger partial charge in [0.1, 0.15) is 28.7 Å². The lowest BCUT2D eigenvalue weighted by Crippen LogP contribution is -2.32. The molecule has 0 aliphatic heterocycles. The van der Waals surface area contributed by atoms with Crippen LogP contribution in [0.1, 0.15) is 82.7 Å². The van der Waals surface area contributed by atoms with Crippen LogP contribution >= 0.6 is 0 Å². The number of hydrogen-bond acceptors (Lipinski definition) is 5. The third kappa shape index (κ3) is 5.89. The van der Waals surface area contributed by atoms with Crippen molar-refractivity contribution in [2.75, 3.05) is 0 Å². The van der Waals surface area contributed by atoms with Crippen molar-refractivity contribution in [1.29, 1.82) is 0 Å². The standard InChI is InChI=1S/C31H40O5/c1-8-31(17-19-9-22(32)15-23(33)10-19,18-20-11-24(34)16-25(35)12-20)21-13-26(29(2,3)4)28(36)27(14-21)30(5,6)7/h9-16,32-36H,8,17-18H2,1-7H3. The summed E-state index contributed by atoms with van der Waals surface area (Å²) in [6.45, 7) is 14.5. The van der Waals surface area contributed by atoms with E-state index in [1.165, 1.54) is 12.1 Å². The zero-order valence-electron chi connectivity index (χ0n) is 22.5. The van der Waals surface area contributed by atoms with E-state index in [1.807, 2.05) is 0 Å². The Hall–Kier alpha value is -3.34. The molecular weight excluding hydrogens is 452 g/mol. The first kappa shape index (κ1) is 27.3. The molecule has 3 rings (SSSR count). The van der Waals surface area contributed by atoms with Crippen molar-refractivity contribution in [3.8, 4) is 28.7 Å². The molecule has 0 aliphatic carbocycles.